The number of hydrogen-bond acceptors (Lipinski definition) is 5. The largest absolute Gasteiger partial charge is 0.493 e. The molecule has 0 radical (unpaired) electrons. The highest BCUT2D eigenvalue weighted by Crippen LogP contribution is 2.45. The Hall–Kier alpha value is -2.85. The predicted octanol–water partition coefficient (Wildman–Crippen LogP) is 3.36. The van der Waals surface area contributed by atoms with Crippen LogP contribution in [0.1, 0.15) is 28.9 Å². The molecule has 3 rings (SSSR count). The van der Waals surface area contributed by atoms with E-state index in [0.717, 1.165) is 0 Å². The smallest absolute Gasteiger partial charge is 0.437 e. The highest BCUT2D eigenvalue weighted by molar-refractivity contribution is 7.80. The number of carbonyl (C=O) groups is 1. The van der Waals surface area contributed by atoms with Gasteiger partial charge in [-0.2, -0.15) is 13.2 Å². The number of rotatable bonds is 6. The zero-order valence-corrected chi connectivity index (χ0v) is 17.5. The van der Waals surface area contributed by atoms with E-state index in [-0.39, 0.29) is 16.9 Å². The fraction of sp³-hybridized carbons (Fsp3) is 0.333. The normalized spacial score (nSPS) is 23.5. The third kappa shape index (κ3) is 4.31. The molecule has 10 heteroatoms. The zero-order chi connectivity index (χ0) is 22.8. The van der Waals surface area contributed by atoms with Crippen molar-refractivity contribution in [3.63, 3.8) is 0 Å². The molecular formula is C21H21F3N2O4S. The van der Waals surface area contributed by atoms with Crippen LogP contribution in [0.25, 0.3) is 0 Å². The number of thiocarbonyl (C=S) groups is 1. The summed E-state index contributed by atoms with van der Waals surface area (Å²) in [5, 5.41) is 14.9. The van der Waals surface area contributed by atoms with E-state index in [1.807, 2.05) is 5.32 Å². The maximum absolute atomic E-state index is 14.0. The van der Waals surface area contributed by atoms with Crippen molar-refractivity contribution in [2.45, 2.75) is 24.9 Å². The third-order valence-corrected chi connectivity index (χ3v) is 5.21. The van der Waals surface area contributed by atoms with Gasteiger partial charge >= 0.3 is 6.18 Å². The molecule has 0 aromatic heterocycles. The molecule has 3 N–H and O–H groups in total. The Kier molecular flexibility index (Phi) is 6.42. The number of hydrogen-bond donors (Lipinski definition) is 3. The number of halogens is 3. The van der Waals surface area contributed by atoms with Gasteiger partial charge in [0.15, 0.2) is 22.4 Å². The first-order valence-electron chi connectivity index (χ1n) is 9.40. The molecule has 0 bridgehead atoms. The second-order valence-electron chi connectivity index (χ2n) is 6.89. The molecule has 0 aliphatic carbocycles. The van der Waals surface area contributed by atoms with Crippen molar-refractivity contribution in [2.24, 2.45) is 5.92 Å². The summed E-state index contributed by atoms with van der Waals surface area (Å²) in [6.45, 7) is 2.13. The molecule has 3 atom stereocenters. The van der Waals surface area contributed by atoms with Crippen molar-refractivity contribution in [3.8, 4) is 11.5 Å². The van der Waals surface area contributed by atoms with Gasteiger partial charge in [0.2, 0.25) is 5.72 Å². The molecule has 1 heterocycles. The summed E-state index contributed by atoms with van der Waals surface area (Å²) >= 11 is 4.94. The summed E-state index contributed by atoms with van der Waals surface area (Å²) < 4.78 is 52.8. The van der Waals surface area contributed by atoms with Crippen LogP contribution < -0.4 is 20.1 Å². The maximum atomic E-state index is 14.0. The summed E-state index contributed by atoms with van der Waals surface area (Å²) in [5.41, 5.74) is -3.30. The van der Waals surface area contributed by atoms with Crippen LogP contribution >= 0.6 is 12.2 Å². The van der Waals surface area contributed by atoms with Crippen LogP contribution in [0.3, 0.4) is 0 Å². The van der Waals surface area contributed by atoms with Crippen LogP contribution in [0.5, 0.6) is 11.5 Å². The topological polar surface area (TPSA) is 79.8 Å². The van der Waals surface area contributed by atoms with Crippen LogP contribution in [-0.2, 0) is 0 Å². The number of Topliss-reactive ketones (excluding diaryl/α,β-unsaturated/α-hetero) is 1. The maximum Gasteiger partial charge on any atom is 0.437 e. The van der Waals surface area contributed by atoms with Gasteiger partial charge < -0.3 is 25.2 Å². The molecule has 31 heavy (non-hydrogen) atoms. The molecule has 1 aliphatic heterocycles. The second kappa shape index (κ2) is 8.72. The number of alkyl halides is 3. The van der Waals surface area contributed by atoms with Crippen molar-refractivity contribution in [1.29, 1.82) is 0 Å². The number of benzene rings is 2. The van der Waals surface area contributed by atoms with Crippen LogP contribution in [0.2, 0.25) is 0 Å². The van der Waals surface area contributed by atoms with Crippen molar-refractivity contribution >= 4 is 23.1 Å². The number of nitrogens with one attached hydrogen (secondary N) is 2. The van der Waals surface area contributed by atoms with Gasteiger partial charge in [0.25, 0.3) is 0 Å². The Morgan fingerprint density at radius 1 is 1.19 bits per heavy atom. The molecule has 2 aromatic carbocycles. The van der Waals surface area contributed by atoms with Gasteiger partial charge in [-0.05, 0) is 36.8 Å². The van der Waals surface area contributed by atoms with Crippen LogP contribution in [-0.4, -0.2) is 41.6 Å². The second-order valence-corrected chi connectivity index (χ2v) is 7.30. The highest BCUT2D eigenvalue weighted by atomic mass is 32.1. The number of aliphatic hydroxyl groups is 1. The standard InChI is InChI=1S/C21H21F3N2O4S/c1-3-30-14-10-9-13(11-15(14)29-2)17-16(18(27)12-7-5-4-6-8-12)20(28,21(22,23)24)26-19(31)25-17/h4-11,16-17,28H,3H2,1-2H3,(H2,25,26,31)/t16-,17+,20-/m1/s1. The molecule has 1 saturated heterocycles. The Labute approximate surface area is 182 Å². The van der Waals surface area contributed by atoms with E-state index < -0.39 is 34.8 Å². The summed E-state index contributed by atoms with van der Waals surface area (Å²) in [5.74, 6) is -2.22. The van der Waals surface area contributed by atoms with Gasteiger partial charge in [0.05, 0.1) is 19.8 Å². The van der Waals surface area contributed by atoms with Gasteiger partial charge in [0.1, 0.15) is 5.92 Å². The monoisotopic (exact) mass is 454 g/mol. The van der Waals surface area contributed by atoms with E-state index in [4.69, 9.17) is 21.7 Å². The SMILES string of the molecule is CCOc1ccc([C@@H]2NC(=S)N[C@](O)(C(F)(F)F)[C@H]2C(=O)c2ccccc2)cc1OC. The molecule has 1 fully saturated rings. The minimum atomic E-state index is -5.19. The highest BCUT2D eigenvalue weighted by Gasteiger charge is 2.65. The molecule has 0 saturated carbocycles. The van der Waals surface area contributed by atoms with Gasteiger partial charge in [-0.15, -0.1) is 0 Å². The lowest BCUT2D eigenvalue weighted by Gasteiger charge is -2.46. The average Bonchev–Trinajstić information content (AvgIpc) is 2.73. The van der Waals surface area contributed by atoms with E-state index in [9.17, 15) is 23.1 Å². The molecule has 0 spiro atoms. The number of ether oxygens (including phenoxy) is 2. The minimum absolute atomic E-state index is 0.0227. The first kappa shape index (κ1) is 22.8. The van der Waals surface area contributed by atoms with E-state index in [1.165, 1.54) is 49.6 Å². The van der Waals surface area contributed by atoms with E-state index in [1.54, 1.807) is 13.0 Å². The van der Waals surface area contributed by atoms with Crippen LogP contribution in [0.4, 0.5) is 13.2 Å². The van der Waals surface area contributed by atoms with Gasteiger partial charge in [0, 0.05) is 5.56 Å². The lowest BCUT2D eigenvalue weighted by molar-refractivity contribution is -0.285. The molecule has 0 unspecified atom stereocenters. The lowest BCUT2D eigenvalue weighted by Crippen LogP contribution is -2.72. The molecule has 2 aromatic rings. The van der Waals surface area contributed by atoms with E-state index >= 15 is 0 Å². The van der Waals surface area contributed by atoms with Crippen molar-refractivity contribution < 1.29 is 32.5 Å². The van der Waals surface area contributed by atoms with Crippen molar-refractivity contribution in [1.82, 2.24) is 10.6 Å². The van der Waals surface area contributed by atoms with Crippen LogP contribution in [0.15, 0.2) is 48.5 Å². The zero-order valence-electron chi connectivity index (χ0n) is 16.7. The van der Waals surface area contributed by atoms with Crippen LogP contribution in [0, 0.1) is 5.92 Å². The van der Waals surface area contributed by atoms with Crippen molar-refractivity contribution in [3.05, 3.63) is 59.7 Å². The van der Waals surface area contributed by atoms with Gasteiger partial charge in [-0.1, -0.05) is 36.4 Å². The Morgan fingerprint density at radius 3 is 2.45 bits per heavy atom. The fourth-order valence-electron chi connectivity index (χ4n) is 3.55. The number of methoxy groups -OCH3 is 1. The Balaban J connectivity index is 2.16. The average molecular weight is 454 g/mol. The molecule has 6 nitrogen and oxygen atoms in total. The molecular weight excluding hydrogens is 433 g/mol. The van der Waals surface area contributed by atoms with Crippen molar-refractivity contribution in [2.75, 3.05) is 13.7 Å². The summed E-state index contributed by atoms with van der Waals surface area (Å²) in [4.78, 5) is 13.2. The lowest BCUT2D eigenvalue weighted by atomic mass is 9.77. The fourth-order valence-corrected chi connectivity index (χ4v) is 3.83. The first-order chi connectivity index (χ1) is 14.6. The summed E-state index contributed by atoms with van der Waals surface area (Å²) in [6.07, 6.45) is -5.19. The Bertz CT molecular complexity index is 971. The summed E-state index contributed by atoms with van der Waals surface area (Å²) in [7, 11) is 1.39. The number of carbonyl (C=O) groups excluding carboxylic acids is 1. The molecule has 166 valence electrons. The van der Waals surface area contributed by atoms with Gasteiger partial charge in [-0.25, -0.2) is 0 Å². The van der Waals surface area contributed by atoms with Gasteiger partial charge in [-0.3, -0.25) is 4.79 Å². The molecule has 0 amide bonds. The number of ketones is 1. The predicted molar refractivity (Wildman–Crippen MR) is 111 cm³/mol. The van der Waals surface area contributed by atoms with E-state index in [2.05, 4.69) is 5.32 Å². The summed E-state index contributed by atoms with van der Waals surface area (Å²) in [6, 6.07) is 10.7. The Morgan fingerprint density at radius 2 is 1.87 bits per heavy atom. The minimum Gasteiger partial charge on any atom is -0.493 e. The third-order valence-electron chi connectivity index (χ3n) is 4.99. The first-order valence-corrected chi connectivity index (χ1v) is 9.81. The molecule has 1 aliphatic rings. The quantitative estimate of drug-likeness (QED) is 0.456. The van der Waals surface area contributed by atoms with E-state index in [0.29, 0.717) is 12.4 Å².